The molecular formula is C16H14Cl2N2O3. The number of nitro benzene ring substituents is 1. The molecule has 5 nitrogen and oxygen atoms in total. The highest BCUT2D eigenvalue weighted by atomic mass is 35.5. The quantitative estimate of drug-likeness (QED) is 0.607. The van der Waals surface area contributed by atoms with Gasteiger partial charge in [0.15, 0.2) is 0 Å². The number of anilines is 2. The molecule has 0 aromatic heterocycles. The lowest BCUT2D eigenvalue weighted by Gasteiger charge is -2.31. The fraction of sp³-hybridized carbons (Fsp3) is 0.250. The Morgan fingerprint density at radius 3 is 2.30 bits per heavy atom. The molecule has 1 aliphatic rings. The number of nitro groups is 1. The SMILES string of the molecule is O=[N+]([O-])c1cc(Cl)c(Cl)cc1Nc1ccc([C@H]2C[C@H](O)C2)cc1. The summed E-state index contributed by atoms with van der Waals surface area (Å²) in [5.41, 5.74) is 2.03. The molecule has 23 heavy (non-hydrogen) atoms. The Labute approximate surface area is 143 Å². The van der Waals surface area contributed by atoms with E-state index >= 15 is 0 Å². The van der Waals surface area contributed by atoms with E-state index in [1.807, 2.05) is 24.3 Å². The van der Waals surface area contributed by atoms with Crippen LogP contribution in [0.15, 0.2) is 36.4 Å². The first-order chi connectivity index (χ1) is 10.9. The summed E-state index contributed by atoms with van der Waals surface area (Å²) in [7, 11) is 0. The van der Waals surface area contributed by atoms with Crippen molar-refractivity contribution in [3.63, 3.8) is 0 Å². The van der Waals surface area contributed by atoms with E-state index in [0.717, 1.165) is 24.1 Å². The zero-order valence-electron chi connectivity index (χ0n) is 12.0. The molecule has 2 N–H and O–H groups in total. The molecular weight excluding hydrogens is 339 g/mol. The third kappa shape index (κ3) is 3.42. The van der Waals surface area contributed by atoms with Crippen LogP contribution in [0.4, 0.5) is 17.1 Å². The summed E-state index contributed by atoms with van der Waals surface area (Å²) in [6.07, 6.45) is 1.37. The van der Waals surface area contributed by atoms with Crippen molar-refractivity contribution in [3.05, 3.63) is 62.1 Å². The van der Waals surface area contributed by atoms with Crippen LogP contribution in [0.5, 0.6) is 0 Å². The van der Waals surface area contributed by atoms with Crippen LogP contribution in [0.2, 0.25) is 10.0 Å². The maximum atomic E-state index is 11.1. The minimum Gasteiger partial charge on any atom is -0.393 e. The topological polar surface area (TPSA) is 75.4 Å². The number of nitrogens with zero attached hydrogens (tertiary/aromatic N) is 1. The number of benzene rings is 2. The maximum absolute atomic E-state index is 11.1. The van der Waals surface area contributed by atoms with Gasteiger partial charge in [-0.1, -0.05) is 35.3 Å². The number of aliphatic hydroxyl groups excluding tert-OH is 1. The highest BCUT2D eigenvalue weighted by molar-refractivity contribution is 6.42. The van der Waals surface area contributed by atoms with Gasteiger partial charge in [0.2, 0.25) is 0 Å². The summed E-state index contributed by atoms with van der Waals surface area (Å²) in [5.74, 6) is 0.387. The molecule has 0 bridgehead atoms. The maximum Gasteiger partial charge on any atom is 0.294 e. The summed E-state index contributed by atoms with van der Waals surface area (Å²) >= 11 is 11.8. The van der Waals surface area contributed by atoms with Crippen molar-refractivity contribution in [3.8, 4) is 0 Å². The third-order valence-electron chi connectivity index (χ3n) is 4.01. The molecule has 7 heteroatoms. The largest absolute Gasteiger partial charge is 0.393 e. The van der Waals surface area contributed by atoms with E-state index in [-0.39, 0.29) is 27.5 Å². The zero-order valence-corrected chi connectivity index (χ0v) is 13.5. The highest BCUT2D eigenvalue weighted by Gasteiger charge is 2.28. The molecule has 3 rings (SSSR count). The molecule has 0 spiro atoms. The predicted octanol–water partition coefficient (Wildman–Crippen LogP) is 4.88. The summed E-state index contributed by atoms with van der Waals surface area (Å²) in [5, 5.41) is 23.9. The van der Waals surface area contributed by atoms with Gasteiger partial charge in [0.25, 0.3) is 5.69 Å². The summed E-state index contributed by atoms with van der Waals surface area (Å²) in [4.78, 5) is 10.6. The summed E-state index contributed by atoms with van der Waals surface area (Å²) in [6.45, 7) is 0. The van der Waals surface area contributed by atoms with Gasteiger partial charge in [0.05, 0.1) is 21.1 Å². The van der Waals surface area contributed by atoms with Crippen LogP contribution in [-0.4, -0.2) is 16.1 Å². The molecule has 0 radical (unpaired) electrons. The highest BCUT2D eigenvalue weighted by Crippen LogP contribution is 2.38. The lowest BCUT2D eigenvalue weighted by molar-refractivity contribution is -0.383. The Balaban J connectivity index is 1.81. The average Bonchev–Trinajstić information content (AvgIpc) is 2.48. The van der Waals surface area contributed by atoms with E-state index in [4.69, 9.17) is 23.2 Å². The molecule has 0 saturated heterocycles. The van der Waals surface area contributed by atoms with E-state index in [1.54, 1.807) is 0 Å². The molecule has 0 atom stereocenters. The molecule has 0 aliphatic heterocycles. The van der Waals surface area contributed by atoms with Gasteiger partial charge in [0, 0.05) is 11.8 Å². The monoisotopic (exact) mass is 352 g/mol. The summed E-state index contributed by atoms with van der Waals surface area (Å²) in [6, 6.07) is 10.3. The minimum atomic E-state index is -0.505. The van der Waals surface area contributed by atoms with E-state index in [2.05, 4.69) is 5.32 Å². The van der Waals surface area contributed by atoms with Crippen molar-refractivity contribution >= 4 is 40.3 Å². The van der Waals surface area contributed by atoms with Gasteiger partial charge < -0.3 is 10.4 Å². The van der Waals surface area contributed by atoms with Gasteiger partial charge in [-0.3, -0.25) is 10.1 Å². The Hall–Kier alpha value is -1.82. The van der Waals surface area contributed by atoms with Crippen LogP contribution in [0.25, 0.3) is 0 Å². The number of hydrogen-bond donors (Lipinski definition) is 2. The second-order valence-corrected chi connectivity index (χ2v) is 6.42. The predicted molar refractivity (Wildman–Crippen MR) is 90.8 cm³/mol. The number of aliphatic hydroxyl groups is 1. The summed E-state index contributed by atoms with van der Waals surface area (Å²) < 4.78 is 0. The molecule has 0 heterocycles. The second kappa shape index (κ2) is 6.35. The molecule has 1 saturated carbocycles. The van der Waals surface area contributed by atoms with Crippen molar-refractivity contribution in [1.82, 2.24) is 0 Å². The van der Waals surface area contributed by atoms with Crippen LogP contribution in [-0.2, 0) is 0 Å². The fourth-order valence-electron chi connectivity index (χ4n) is 2.64. The molecule has 1 fully saturated rings. The molecule has 0 amide bonds. The number of rotatable bonds is 4. The van der Waals surface area contributed by atoms with Crippen LogP contribution >= 0.6 is 23.2 Å². The smallest absolute Gasteiger partial charge is 0.294 e. The van der Waals surface area contributed by atoms with Crippen LogP contribution < -0.4 is 5.32 Å². The second-order valence-electron chi connectivity index (χ2n) is 5.61. The zero-order chi connectivity index (χ0) is 16.6. The van der Waals surface area contributed by atoms with Crippen molar-refractivity contribution < 1.29 is 10.0 Å². The normalized spacial score (nSPS) is 20.0. The molecule has 2 aromatic carbocycles. The first-order valence-corrected chi connectivity index (χ1v) is 7.88. The number of hydrogen-bond acceptors (Lipinski definition) is 4. The van der Waals surface area contributed by atoms with Crippen LogP contribution in [0.1, 0.15) is 24.3 Å². The standard InChI is InChI=1S/C16H14Cl2N2O3/c17-13-7-15(16(20(22)23)8-14(13)18)19-11-3-1-9(2-4-11)10-5-12(21)6-10/h1-4,7-8,10,12,19,21H,5-6H2/t10-,12-. The number of halogens is 2. The fourth-order valence-corrected chi connectivity index (χ4v) is 2.96. The van der Waals surface area contributed by atoms with Crippen molar-refractivity contribution in [2.75, 3.05) is 5.32 Å². The third-order valence-corrected chi connectivity index (χ3v) is 4.73. The first kappa shape index (κ1) is 16.1. The lowest BCUT2D eigenvalue weighted by atomic mass is 9.78. The molecule has 0 unspecified atom stereocenters. The van der Waals surface area contributed by atoms with Gasteiger partial charge in [-0.25, -0.2) is 0 Å². The van der Waals surface area contributed by atoms with Crippen molar-refractivity contribution in [2.24, 2.45) is 0 Å². The van der Waals surface area contributed by atoms with E-state index in [1.165, 1.54) is 12.1 Å². The van der Waals surface area contributed by atoms with Gasteiger partial charge in [-0.05, 0) is 42.5 Å². The molecule has 1 aliphatic carbocycles. The van der Waals surface area contributed by atoms with E-state index in [0.29, 0.717) is 5.92 Å². The van der Waals surface area contributed by atoms with E-state index < -0.39 is 4.92 Å². The van der Waals surface area contributed by atoms with E-state index in [9.17, 15) is 15.2 Å². The van der Waals surface area contributed by atoms with Crippen LogP contribution in [0.3, 0.4) is 0 Å². The van der Waals surface area contributed by atoms with Gasteiger partial charge in [-0.15, -0.1) is 0 Å². The Kier molecular flexibility index (Phi) is 4.43. The van der Waals surface area contributed by atoms with Crippen molar-refractivity contribution in [2.45, 2.75) is 24.9 Å². The Morgan fingerprint density at radius 2 is 1.74 bits per heavy atom. The van der Waals surface area contributed by atoms with Crippen molar-refractivity contribution in [1.29, 1.82) is 0 Å². The lowest BCUT2D eigenvalue weighted by Crippen LogP contribution is -2.26. The molecule has 2 aromatic rings. The minimum absolute atomic E-state index is 0.134. The van der Waals surface area contributed by atoms with Gasteiger partial charge in [0.1, 0.15) is 5.69 Å². The first-order valence-electron chi connectivity index (χ1n) is 7.12. The Bertz CT molecular complexity index is 744. The molecule has 120 valence electrons. The Morgan fingerprint density at radius 1 is 1.13 bits per heavy atom. The number of nitrogens with one attached hydrogen (secondary N) is 1. The van der Waals surface area contributed by atoms with Gasteiger partial charge in [-0.2, -0.15) is 0 Å². The van der Waals surface area contributed by atoms with Gasteiger partial charge >= 0.3 is 0 Å². The average molecular weight is 353 g/mol. The van der Waals surface area contributed by atoms with Crippen LogP contribution in [0, 0.1) is 10.1 Å².